The predicted molar refractivity (Wildman–Crippen MR) is 101 cm³/mol. The van der Waals surface area contributed by atoms with Crippen molar-refractivity contribution in [2.45, 2.75) is 26.2 Å². The average Bonchev–Trinajstić information content (AvgIpc) is 3.12. The first-order chi connectivity index (χ1) is 12.4. The monoisotopic (exact) mass is 372 g/mol. The van der Waals surface area contributed by atoms with Crippen LogP contribution in [0.3, 0.4) is 0 Å². The van der Waals surface area contributed by atoms with E-state index in [1.54, 1.807) is 6.07 Å². The molecule has 2 aromatic heterocycles. The summed E-state index contributed by atoms with van der Waals surface area (Å²) in [5.41, 5.74) is 1.85. The van der Waals surface area contributed by atoms with E-state index < -0.39 is 5.41 Å². The van der Waals surface area contributed by atoms with Crippen LogP contribution in [0.2, 0.25) is 0 Å². The van der Waals surface area contributed by atoms with Gasteiger partial charge in [0.05, 0.1) is 25.7 Å². The molecule has 0 aliphatic carbocycles. The zero-order valence-electron chi connectivity index (χ0n) is 15.4. The van der Waals surface area contributed by atoms with Gasteiger partial charge in [-0.25, -0.2) is 0 Å². The Hall–Kier alpha value is -2.53. The maximum atomic E-state index is 5.43. The number of ether oxygens (including phenoxy) is 2. The minimum absolute atomic E-state index is 0.212. The molecule has 0 amide bonds. The molecule has 0 bridgehead atoms. The van der Waals surface area contributed by atoms with Gasteiger partial charge in [-0.1, -0.05) is 23.4 Å². The molecule has 0 saturated heterocycles. The summed E-state index contributed by atoms with van der Waals surface area (Å²) in [5, 5.41) is 5.27. The summed E-state index contributed by atoms with van der Waals surface area (Å²) in [6.45, 7) is 6.19. The normalized spacial score (nSPS) is 11.5. The number of rotatable bonds is 5. The molecule has 3 aromatic rings. The van der Waals surface area contributed by atoms with Gasteiger partial charge in [-0.05, 0) is 37.2 Å². The molecule has 0 aliphatic heterocycles. The molecule has 136 valence electrons. The van der Waals surface area contributed by atoms with Gasteiger partial charge in [0.25, 0.3) is 5.89 Å². The summed E-state index contributed by atoms with van der Waals surface area (Å²) in [6.07, 6.45) is 0. The van der Waals surface area contributed by atoms with E-state index in [0.29, 0.717) is 17.6 Å². The third-order valence-electron chi connectivity index (χ3n) is 4.20. The van der Waals surface area contributed by atoms with Crippen LogP contribution < -0.4 is 14.8 Å². The number of nitrogens with zero attached hydrogens (tertiary/aromatic N) is 4. The molecule has 3 rings (SSSR count). The van der Waals surface area contributed by atoms with Crippen LogP contribution in [0.15, 0.2) is 28.8 Å². The van der Waals surface area contributed by atoms with Gasteiger partial charge in [-0.2, -0.15) is 15.0 Å². The number of hydrogen-bond donors (Lipinski definition) is 0. The molecule has 2 heterocycles. The van der Waals surface area contributed by atoms with Crippen LogP contribution in [0.5, 0.6) is 11.8 Å². The third kappa shape index (κ3) is 3.27. The zero-order chi connectivity index (χ0) is 18.9. The molecule has 0 N–H and O–H groups in total. The molecule has 0 radical (unpaired) electrons. The fraction of sp³-hybridized carbons (Fsp3) is 0.333. The van der Waals surface area contributed by atoms with Crippen LogP contribution in [0, 0.1) is 6.92 Å². The van der Waals surface area contributed by atoms with Gasteiger partial charge in [-0.3, -0.25) is 0 Å². The Balaban J connectivity index is 2.05. The van der Waals surface area contributed by atoms with E-state index in [1.165, 1.54) is 14.2 Å². The molecule has 0 spiro atoms. The van der Waals surface area contributed by atoms with Gasteiger partial charge in [0.15, 0.2) is 5.82 Å². The second kappa shape index (κ2) is 7.00. The lowest BCUT2D eigenvalue weighted by atomic mass is 9.81. The van der Waals surface area contributed by atoms with Crippen molar-refractivity contribution in [1.29, 1.82) is 0 Å². The molecule has 0 saturated carbocycles. The molecule has 1 unspecified atom stereocenters. The summed E-state index contributed by atoms with van der Waals surface area (Å²) in [4.78, 5) is 13.1. The third-order valence-corrected chi connectivity index (χ3v) is 4.68. The van der Waals surface area contributed by atoms with Crippen molar-refractivity contribution in [1.82, 2.24) is 20.1 Å². The Bertz CT molecular complexity index is 897. The minimum atomic E-state index is -0.451. The minimum Gasteiger partial charge on any atom is -0.481 e. The fourth-order valence-corrected chi connectivity index (χ4v) is 3.63. The largest absolute Gasteiger partial charge is 0.481 e. The van der Waals surface area contributed by atoms with Crippen molar-refractivity contribution < 1.29 is 14.0 Å². The zero-order valence-corrected chi connectivity index (χ0v) is 16.6. The number of aromatic nitrogens is 4. The Morgan fingerprint density at radius 1 is 1.04 bits per heavy atom. The van der Waals surface area contributed by atoms with E-state index in [0.717, 1.165) is 16.4 Å². The second-order valence-electron chi connectivity index (χ2n) is 6.36. The summed E-state index contributed by atoms with van der Waals surface area (Å²) in [6, 6.07) is 7.72. The average molecular weight is 372 g/mol. The van der Waals surface area contributed by atoms with Crippen LogP contribution in [0.1, 0.15) is 30.8 Å². The van der Waals surface area contributed by atoms with Gasteiger partial charge in [-0.15, -0.1) is 9.24 Å². The molecule has 7 nitrogen and oxygen atoms in total. The number of hydrogen-bond acceptors (Lipinski definition) is 7. The first-order valence-electron chi connectivity index (χ1n) is 8.04. The van der Waals surface area contributed by atoms with Crippen molar-refractivity contribution in [3.05, 3.63) is 41.2 Å². The highest BCUT2D eigenvalue weighted by Gasteiger charge is 2.32. The molecular weight excluding hydrogens is 351 g/mol. The standard InChI is InChI=1S/C18H21N4O3P/c1-10-7-6-8-11(26)14(10)18(2,3)17-21-16(25-22-17)15-19-12(23-4)9-13(20-15)24-5/h6-9H,26H2,1-5H3. The smallest absolute Gasteiger partial charge is 0.296 e. The summed E-state index contributed by atoms with van der Waals surface area (Å²) >= 11 is 0. The van der Waals surface area contributed by atoms with E-state index in [2.05, 4.69) is 56.2 Å². The van der Waals surface area contributed by atoms with Gasteiger partial charge < -0.3 is 14.0 Å². The lowest BCUT2D eigenvalue weighted by Crippen LogP contribution is -2.27. The van der Waals surface area contributed by atoms with Crippen LogP contribution in [0.4, 0.5) is 0 Å². The maximum Gasteiger partial charge on any atom is 0.296 e. The van der Waals surface area contributed by atoms with Crippen LogP contribution in [-0.4, -0.2) is 34.3 Å². The quantitative estimate of drug-likeness (QED) is 0.637. The van der Waals surface area contributed by atoms with Crippen LogP contribution >= 0.6 is 9.24 Å². The summed E-state index contributed by atoms with van der Waals surface area (Å²) < 4.78 is 15.8. The van der Waals surface area contributed by atoms with Crippen LogP contribution in [-0.2, 0) is 5.41 Å². The first kappa shape index (κ1) is 18.3. The topological polar surface area (TPSA) is 83.2 Å². The lowest BCUT2D eigenvalue weighted by molar-refractivity contribution is 0.368. The van der Waals surface area contributed by atoms with E-state index in [1.807, 2.05) is 12.1 Å². The molecule has 8 heteroatoms. The van der Waals surface area contributed by atoms with E-state index in [4.69, 9.17) is 14.0 Å². The molecule has 0 fully saturated rings. The highest BCUT2D eigenvalue weighted by Crippen LogP contribution is 2.32. The lowest BCUT2D eigenvalue weighted by Gasteiger charge is -2.25. The Kier molecular flexibility index (Phi) is 4.92. The van der Waals surface area contributed by atoms with Crippen molar-refractivity contribution in [3.8, 4) is 23.5 Å². The molecule has 1 atom stereocenters. The number of benzene rings is 1. The van der Waals surface area contributed by atoms with Gasteiger partial charge in [0.1, 0.15) is 0 Å². The predicted octanol–water partition coefficient (Wildman–Crippen LogP) is 2.68. The highest BCUT2D eigenvalue weighted by molar-refractivity contribution is 7.27. The van der Waals surface area contributed by atoms with Crippen molar-refractivity contribution in [2.75, 3.05) is 14.2 Å². The van der Waals surface area contributed by atoms with E-state index in [-0.39, 0.29) is 11.7 Å². The van der Waals surface area contributed by atoms with Gasteiger partial charge in [0.2, 0.25) is 17.6 Å². The van der Waals surface area contributed by atoms with Crippen LogP contribution in [0.25, 0.3) is 11.7 Å². The molecule has 1 aromatic carbocycles. The summed E-state index contributed by atoms with van der Waals surface area (Å²) in [7, 11) is 5.81. The molecular formula is C18H21N4O3P. The van der Waals surface area contributed by atoms with Crippen molar-refractivity contribution in [2.24, 2.45) is 0 Å². The van der Waals surface area contributed by atoms with Crippen molar-refractivity contribution in [3.63, 3.8) is 0 Å². The number of aryl methyl sites for hydroxylation is 1. The number of methoxy groups -OCH3 is 2. The molecule has 0 aliphatic rings. The van der Waals surface area contributed by atoms with Gasteiger partial charge in [0, 0.05) is 0 Å². The maximum absolute atomic E-state index is 5.43. The summed E-state index contributed by atoms with van der Waals surface area (Å²) in [5.74, 6) is 1.74. The van der Waals surface area contributed by atoms with Crippen molar-refractivity contribution >= 4 is 14.5 Å². The van der Waals surface area contributed by atoms with E-state index in [9.17, 15) is 0 Å². The van der Waals surface area contributed by atoms with E-state index >= 15 is 0 Å². The Labute approximate surface area is 154 Å². The SMILES string of the molecule is COc1cc(OC)nc(-c2nc(C(C)(C)c3c(C)cccc3P)no2)n1. The highest BCUT2D eigenvalue weighted by atomic mass is 31.0. The molecule has 26 heavy (non-hydrogen) atoms. The Morgan fingerprint density at radius 3 is 2.27 bits per heavy atom. The Morgan fingerprint density at radius 2 is 1.69 bits per heavy atom. The second-order valence-corrected chi connectivity index (χ2v) is 6.99. The first-order valence-corrected chi connectivity index (χ1v) is 8.61. The fourth-order valence-electron chi connectivity index (χ4n) is 2.93. The van der Waals surface area contributed by atoms with Gasteiger partial charge >= 0.3 is 0 Å².